The van der Waals surface area contributed by atoms with E-state index in [0.29, 0.717) is 34.5 Å². The Balaban J connectivity index is 1.91. The number of fused-ring (bicyclic) bond motifs is 1. The maximum atomic E-state index is 13.3. The molecule has 0 spiro atoms. The Labute approximate surface area is 160 Å². The van der Waals surface area contributed by atoms with E-state index in [1.807, 2.05) is 36.4 Å². The molecule has 2 aromatic carbocycles. The zero-order chi connectivity index (χ0) is 19.5. The fourth-order valence-corrected chi connectivity index (χ4v) is 3.19. The normalized spacial score (nSPS) is 10.9. The molecule has 0 bridgehead atoms. The number of nitrogens with zero attached hydrogens (tertiary/aromatic N) is 3. The van der Waals surface area contributed by atoms with Gasteiger partial charge < -0.3 is 5.11 Å². The van der Waals surface area contributed by atoms with Crippen LogP contribution in [0.5, 0.6) is 0 Å². The van der Waals surface area contributed by atoms with E-state index >= 15 is 0 Å². The molecular weight excluding hydrogens is 354 g/mol. The molecule has 6 nitrogen and oxygen atoms in total. The van der Waals surface area contributed by atoms with Crippen LogP contribution in [0.2, 0.25) is 0 Å². The van der Waals surface area contributed by atoms with Gasteiger partial charge in [0.15, 0.2) is 5.65 Å². The highest BCUT2D eigenvalue weighted by Crippen LogP contribution is 2.16. The Hall–Kier alpha value is -3.80. The van der Waals surface area contributed by atoms with E-state index in [1.54, 1.807) is 36.5 Å². The molecule has 2 aromatic heterocycles. The molecule has 0 atom stereocenters. The summed E-state index contributed by atoms with van der Waals surface area (Å²) in [6.45, 7) is 0. The van der Waals surface area contributed by atoms with E-state index in [4.69, 9.17) is 5.11 Å². The highest BCUT2D eigenvalue weighted by atomic mass is 16.4. The molecule has 0 aliphatic heterocycles. The second kappa shape index (κ2) is 7.44. The summed E-state index contributed by atoms with van der Waals surface area (Å²) < 4.78 is 1.51. The maximum absolute atomic E-state index is 13.3. The van der Waals surface area contributed by atoms with Crippen LogP contribution in [0, 0.1) is 0 Å². The van der Waals surface area contributed by atoms with Crippen LogP contribution in [-0.2, 0) is 17.6 Å². The molecule has 0 amide bonds. The minimum atomic E-state index is -0.924. The summed E-state index contributed by atoms with van der Waals surface area (Å²) in [4.78, 5) is 33.2. The molecule has 0 saturated carbocycles. The molecule has 1 N–H and O–H groups in total. The van der Waals surface area contributed by atoms with Crippen molar-refractivity contribution in [2.75, 3.05) is 0 Å². The van der Waals surface area contributed by atoms with Crippen LogP contribution in [-0.4, -0.2) is 25.6 Å². The molecule has 0 aliphatic rings. The molecule has 6 heteroatoms. The third kappa shape index (κ3) is 3.53. The van der Waals surface area contributed by atoms with Gasteiger partial charge in [0, 0.05) is 12.6 Å². The van der Waals surface area contributed by atoms with Gasteiger partial charge in [0.2, 0.25) is 0 Å². The van der Waals surface area contributed by atoms with Crippen molar-refractivity contribution in [1.82, 2.24) is 14.5 Å². The van der Waals surface area contributed by atoms with Gasteiger partial charge in [-0.1, -0.05) is 42.5 Å². The number of hydrogen-bond donors (Lipinski definition) is 1. The number of benzene rings is 2. The lowest BCUT2D eigenvalue weighted by Crippen LogP contribution is -2.25. The van der Waals surface area contributed by atoms with Crippen LogP contribution >= 0.6 is 0 Å². The van der Waals surface area contributed by atoms with E-state index in [0.717, 1.165) is 5.56 Å². The van der Waals surface area contributed by atoms with Gasteiger partial charge >= 0.3 is 5.97 Å². The van der Waals surface area contributed by atoms with Gasteiger partial charge in [-0.3, -0.25) is 14.2 Å². The second-order valence-electron chi connectivity index (χ2n) is 6.45. The Morgan fingerprint density at radius 3 is 2.54 bits per heavy atom. The SMILES string of the molecule is O=C(O)Cc1cccc(-n2c(=O)c(Cc3ccccc3)nc3cccnc32)c1. The smallest absolute Gasteiger partial charge is 0.307 e. The van der Waals surface area contributed by atoms with E-state index < -0.39 is 5.97 Å². The quantitative estimate of drug-likeness (QED) is 0.583. The zero-order valence-corrected chi connectivity index (χ0v) is 14.9. The van der Waals surface area contributed by atoms with E-state index in [9.17, 15) is 9.59 Å². The van der Waals surface area contributed by atoms with Gasteiger partial charge in [-0.05, 0) is 35.4 Å². The summed E-state index contributed by atoms with van der Waals surface area (Å²) in [5.41, 5.74) is 3.37. The largest absolute Gasteiger partial charge is 0.481 e. The van der Waals surface area contributed by atoms with Gasteiger partial charge in [0.05, 0.1) is 12.1 Å². The van der Waals surface area contributed by atoms with Gasteiger partial charge in [-0.15, -0.1) is 0 Å². The minimum absolute atomic E-state index is 0.115. The van der Waals surface area contributed by atoms with Crippen molar-refractivity contribution in [2.24, 2.45) is 0 Å². The Morgan fingerprint density at radius 2 is 1.75 bits per heavy atom. The summed E-state index contributed by atoms with van der Waals surface area (Å²) in [6, 6.07) is 20.2. The van der Waals surface area contributed by atoms with Crippen LogP contribution in [0.15, 0.2) is 77.7 Å². The fraction of sp³-hybridized carbons (Fsp3) is 0.0909. The van der Waals surface area contributed by atoms with Crippen molar-refractivity contribution in [3.05, 3.63) is 100 Å². The van der Waals surface area contributed by atoms with Crippen molar-refractivity contribution in [2.45, 2.75) is 12.8 Å². The Bertz CT molecular complexity index is 1220. The highest BCUT2D eigenvalue weighted by Gasteiger charge is 2.14. The lowest BCUT2D eigenvalue weighted by atomic mass is 10.1. The first-order chi connectivity index (χ1) is 13.6. The third-order valence-electron chi connectivity index (χ3n) is 4.42. The third-order valence-corrected chi connectivity index (χ3v) is 4.42. The predicted molar refractivity (Wildman–Crippen MR) is 106 cm³/mol. The number of carbonyl (C=O) groups is 1. The first kappa shape index (κ1) is 17.6. The maximum Gasteiger partial charge on any atom is 0.307 e. The first-order valence-electron chi connectivity index (χ1n) is 8.83. The van der Waals surface area contributed by atoms with Crippen LogP contribution in [0.4, 0.5) is 0 Å². The Morgan fingerprint density at radius 1 is 0.964 bits per heavy atom. The molecule has 0 aliphatic carbocycles. The van der Waals surface area contributed by atoms with Crippen LogP contribution < -0.4 is 5.56 Å². The van der Waals surface area contributed by atoms with E-state index in [2.05, 4.69) is 9.97 Å². The van der Waals surface area contributed by atoms with Gasteiger partial charge in [0.25, 0.3) is 5.56 Å². The number of rotatable bonds is 5. The second-order valence-corrected chi connectivity index (χ2v) is 6.45. The number of carboxylic acid groups (broad SMARTS) is 1. The van der Waals surface area contributed by atoms with E-state index in [-0.39, 0.29) is 12.0 Å². The molecule has 0 saturated heterocycles. The lowest BCUT2D eigenvalue weighted by molar-refractivity contribution is -0.136. The van der Waals surface area contributed by atoms with Crippen LogP contribution in [0.1, 0.15) is 16.8 Å². The molecule has 0 radical (unpaired) electrons. The van der Waals surface area contributed by atoms with Crippen molar-refractivity contribution in [3.63, 3.8) is 0 Å². The summed E-state index contributed by atoms with van der Waals surface area (Å²) in [7, 11) is 0. The first-order valence-corrected chi connectivity index (χ1v) is 8.83. The summed E-state index contributed by atoms with van der Waals surface area (Å²) >= 11 is 0. The molecule has 4 aromatic rings. The number of hydrogen-bond acceptors (Lipinski definition) is 4. The zero-order valence-electron chi connectivity index (χ0n) is 14.9. The molecular formula is C22H17N3O3. The van der Waals surface area contributed by atoms with Gasteiger partial charge in [-0.2, -0.15) is 0 Å². The standard InChI is InChI=1S/C22H17N3O3/c26-20(27)14-16-8-4-9-17(12-16)25-21-18(10-5-11-23-21)24-19(22(25)28)13-15-6-2-1-3-7-15/h1-12H,13-14H2,(H,26,27). The van der Waals surface area contributed by atoms with Crippen molar-refractivity contribution >= 4 is 17.1 Å². The van der Waals surface area contributed by atoms with Crippen molar-refractivity contribution < 1.29 is 9.90 Å². The number of pyridine rings is 1. The summed E-state index contributed by atoms with van der Waals surface area (Å²) in [5, 5.41) is 9.07. The van der Waals surface area contributed by atoms with Crippen LogP contribution in [0.3, 0.4) is 0 Å². The summed E-state index contributed by atoms with van der Waals surface area (Å²) in [5.74, 6) is -0.924. The van der Waals surface area contributed by atoms with Gasteiger partial charge in [0.1, 0.15) is 11.2 Å². The lowest BCUT2D eigenvalue weighted by Gasteiger charge is -2.12. The molecule has 138 valence electrons. The monoisotopic (exact) mass is 371 g/mol. The summed E-state index contributed by atoms with van der Waals surface area (Å²) in [6.07, 6.45) is 1.90. The van der Waals surface area contributed by atoms with Crippen LogP contribution in [0.25, 0.3) is 16.9 Å². The highest BCUT2D eigenvalue weighted by molar-refractivity contribution is 5.73. The molecule has 28 heavy (non-hydrogen) atoms. The van der Waals surface area contributed by atoms with E-state index in [1.165, 1.54) is 4.57 Å². The molecule has 0 fully saturated rings. The van der Waals surface area contributed by atoms with Crippen molar-refractivity contribution in [1.29, 1.82) is 0 Å². The Kier molecular flexibility index (Phi) is 4.68. The average molecular weight is 371 g/mol. The molecule has 2 heterocycles. The topological polar surface area (TPSA) is 85.1 Å². The molecule has 4 rings (SSSR count). The predicted octanol–water partition coefficient (Wildman–Crippen LogP) is 3.00. The van der Waals surface area contributed by atoms with Gasteiger partial charge in [-0.25, -0.2) is 9.97 Å². The van der Waals surface area contributed by atoms with Crippen molar-refractivity contribution in [3.8, 4) is 5.69 Å². The number of carboxylic acids is 1. The minimum Gasteiger partial charge on any atom is -0.481 e. The molecule has 0 unspecified atom stereocenters. The fourth-order valence-electron chi connectivity index (χ4n) is 3.19. The number of aromatic nitrogens is 3. The number of aliphatic carboxylic acids is 1. The average Bonchev–Trinajstić information content (AvgIpc) is 2.69.